The Morgan fingerprint density at radius 3 is 2.48 bits per heavy atom. The molecule has 1 saturated carbocycles. The standard InChI is InChI=1S/C20H23ClN2O2/c21-17-7-4-8-18(13-17)22-19(23-25)14-20(24)11-9-16(10-12-20)15-5-2-1-3-6-15/h1-8,13,16,24-25H,9-12,14H2,(H,22,23)/t16-,20-. The zero-order valence-electron chi connectivity index (χ0n) is 14.0. The van der Waals surface area contributed by atoms with Gasteiger partial charge in [-0.2, -0.15) is 0 Å². The maximum Gasteiger partial charge on any atom is 0.148 e. The van der Waals surface area contributed by atoms with Crippen molar-refractivity contribution in [3.05, 3.63) is 65.2 Å². The lowest BCUT2D eigenvalue weighted by molar-refractivity contribution is 0.00539. The molecule has 0 radical (unpaired) electrons. The van der Waals surface area contributed by atoms with Crippen molar-refractivity contribution in [1.29, 1.82) is 0 Å². The normalized spacial score (nSPS) is 24.1. The summed E-state index contributed by atoms with van der Waals surface area (Å²) < 4.78 is 0. The lowest BCUT2D eigenvalue weighted by Gasteiger charge is -2.36. The maximum atomic E-state index is 10.9. The molecule has 0 unspecified atom stereocenters. The Balaban J connectivity index is 1.60. The zero-order valence-corrected chi connectivity index (χ0v) is 14.8. The van der Waals surface area contributed by atoms with Crippen molar-refractivity contribution in [3.63, 3.8) is 0 Å². The van der Waals surface area contributed by atoms with Gasteiger partial charge >= 0.3 is 0 Å². The minimum Gasteiger partial charge on any atom is -0.409 e. The van der Waals surface area contributed by atoms with E-state index in [1.165, 1.54) is 5.56 Å². The Hall–Kier alpha value is -2.04. The molecule has 0 aliphatic heterocycles. The molecule has 1 aliphatic rings. The number of rotatable bonds is 4. The van der Waals surface area contributed by atoms with Crippen molar-refractivity contribution in [2.24, 2.45) is 5.16 Å². The lowest BCUT2D eigenvalue weighted by Crippen LogP contribution is -2.37. The van der Waals surface area contributed by atoms with Gasteiger partial charge in [0.25, 0.3) is 0 Å². The molecule has 0 aromatic heterocycles. The van der Waals surface area contributed by atoms with Crippen LogP contribution in [0.15, 0.2) is 59.8 Å². The molecule has 2 aromatic rings. The third kappa shape index (κ3) is 4.74. The number of aliphatic hydroxyl groups is 1. The molecular formula is C20H23ClN2O2. The monoisotopic (exact) mass is 358 g/mol. The second-order valence-electron chi connectivity index (χ2n) is 6.77. The first kappa shape index (κ1) is 17.8. The largest absolute Gasteiger partial charge is 0.409 e. The molecule has 1 fully saturated rings. The van der Waals surface area contributed by atoms with Crippen molar-refractivity contribution in [3.8, 4) is 0 Å². The van der Waals surface area contributed by atoms with Gasteiger partial charge in [0.2, 0.25) is 0 Å². The summed E-state index contributed by atoms with van der Waals surface area (Å²) in [5.74, 6) is 0.833. The Bertz CT molecular complexity index is 725. The van der Waals surface area contributed by atoms with Crippen LogP contribution in [0.3, 0.4) is 0 Å². The second-order valence-corrected chi connectivity index (χ2v) is 7.20. The summed E-state index contributed by atoms with van der Waals surface area (Å²) >= 11 is 5.97. The molecule has 1 aliphatic carbocycles. The van der Waals surface area contributed by atoms with Crippen molar-refractivity contribution in [2.45, 2.75) is 43.6 Å². The molecule has 0 saturated heterocycles. The molecule has 25 heavy (non-hydrogen) atoms. The SMILES string of the molecule is ON=C(C[C@]1(O)CC[C@H](c2ccccc2)CC1)Nc1cccc(Cl)c1. The fraction of sp³-hybridized carbons (Fsp3) is 0.350. The van der Waals surface area contributed by atoms with Gasteiger partial charge in [-0.3, -0.25) is 0 Å². The second kappa shape index (κ2) is 7.89. The highest BCUT2D eigenvalue weighted by molar-refractivity contribution is 6.30. The van der Waals surface area contributed by atoms with Gasteiger partial charge < -0.3 is 15.6 Å². The number of hydrogen-bond donors (Lipinski definition) is 3. The van der Waals surface area contributed by atoms with Gasteiger partial charge in [-0.15, -0.1) is 0 Å². The predicted molar refractivity (Wildman–Crippen MR) is 102 cm³/mol. The van der Waals surface area contributed by atoms with E-state index in [0.717, 1.165) is 18.5 Å². The summed E-state index contributed by atoms with van der Waals surface area (Å²) in [5, 5.41) is 27.2. The first-order valence-electron chi connectivity index (χ1n) is 8.59. The molecule has 0 bridgehead atoms. The summed E-state index contributed by atoms with van der Waals surface area (Å²) in [6.07, 6.45) is 3.51. The van der Waals surface area contributed by atoms with Gasteiger partial charge in [0, 0.05) is 17.1 Å². The van der Waals surface area contributed by atoms with Crippen molar-refractivity contribution in [1.82, 2.24) is 0 Å². The van der Waals surface area contributed by atoms with Gasteiger partial charge in [0.05, 0.1) is 5.60 Å². The molecule has 4 nitrogen and oxygen atoms in total. The van der Waals surface area contributed by atoms with Crippen molar-refractivity contribution in [2.75, 3.05) is 5.32 Å². The van der Waals surface area contributed by atoms with Gasteiger partial charge in [0.1, 0.15) is 5.84 Å². The molecule has 3 N–H and O–H groups in total. The minimum absolute atomic E-state index is 0.289. The molecular weight excluding hydrogens is 336 g/mol. The van der Waals surface area contributed by atoms with Crippen LogP contribution in [0.25, 0.3) is 0 Å². The first-order chi connectivity index (χ1) is 12.1. The summed E-state index contributed by atoms with van der Waals surface area (Å²) in [6, 6.07) is 17.6. The quantitative estimate of drug-likeness (QED) is 0.311. The van der Waals surface area contributed by atoms with E-state index < -0.39 is 5.60 Å². The molecule has 0 heterocycles. The smallest absolute Gasteiger partial charge is 0.148 e. The van der Waals surface area contributed by atoms with Crippen LogP contribution in [-0.4, -0.2) is 21.8 Å². The van der Waals surface area contributed by atoms with E-state index in [1.54, 1.807) is 12.1 Å². The highest BCUT2D eigenvalue weighted by Gasteiger charge is 2.35. The highest BCUT2D eigenvalue weighted by Crippen LogP contribution is 2.39. The van der Waals surface area contributed by atoms with Gasteiger partial charge in [-0.05, 0) is 55.4 Å². The maximum absolute atomic E-state index is 10.9. The number of oxime groups is 1. The molecule has 0 amide bonds. The first-order valence-corrected chi connectivity index (χ1v) is 8.97. The molecule has 0 atom stereocenters. The van der Waals surface area contributed by atoms with E-state index in [4.69, 9.17) is 11.6 Å². The minimum atomic E-state index is -0.849. The number of amidine groups is 1. The van der Waals surface area contributed by atoms with Crippen LogP contribution in [0.4, 0.5) is 5.69 Å². The topological polar surface area (TPSA) is 64.9 Å². The lowest BCUT2D eigenvalue weighted by atomic mass is 9.74. The average molecular weight is 359 g/mol. The average Bonchev–Trinajstić information content (AvgIpc) is 2.62. The summed E-state index contributed by atoms with van der Waals surface area (Å²) in [6.45, 7) is 0. The van der Waals surface area contributed by atoms with E-state index in [-0.39, 0.29) is 6.42 Å². The van der Waals surface area contributed by atoms with Crippen LogP contribution in [0.5, 0.6) is 0 Å². The van der Waals surface area contributed by atoms with Crippen LogP contribution >= 0.6 is 11.6 Å². The Kier molecular flexibility index (Phi) is 5.61. The molecule has 0 spiro atoms. The van der Waals surface area contributed by atoms with E-state index >= 15 is 0 Å². The fourth-order valence-electron chi connectivity index (χ4n) is 3.54. The highest BCUT2D eigenvalue weighted by atomic mass is 35.5. The van der Waals surface area contributed by atoms with E-state index in [2.05, 4.69) is 34.7 Å². The van der Waals surface area contributed by atoms with Crippen LogP contribution in [0.2, 0.25) is 5.02 Å². The van der Waals surface area contributed by atoms with Crippen molar-refractivity contribution >= 4 is 23.1 Å². The fourth-order valence-corrected chi connectivity index (χ4v) is 3.73. The predicted octanol–water partition coefficient (Wildman–Crippen LogP) is 5.02. The van der Waals surface area contributed by atoms with Gasteiger partial charge in [0.15, 0.2) is 0 Å². The summed E-state index contributed by atoms with van der Waals surface area (Å²) in [4.78, 5) is 0. The Labute approximate surface area is 153 Å². The molecule has 3 rings (SSSR count). The van der Waals surface area contributed by atoms with E-state index in [1.807, 2.05) is 18.2 Å². The molecule has 132 valence electrons. The van der Waals surface area contributed by atoms with E-state index in [9.17, 15) is 10.3 Å². The Morgan fingerprint density at radius 2 is 1.84 bits per heavy atom. The number of nitrogens with zero attached hydrogens (tertiary/aromatic N) is 1. The number of halogens is 1. The third-order valence-corrected chi connectivity index (χ3v) is 5.15. The number of nitrogens with one attached hydrogen (secondary N) is 1. The van der Waals surface area contributed by atoms with Crippen LogP contribution < -0.4 is 5.32 Å². The molecule has 2 aromatic carbocycles. The van der Waals surface area contributed by atoms with Gasteiger partial charge in [-0.1, -0.05) is 53.2 Å². The molecule has 5 heteroatoms. The number of benzene rings is 2. The number of anilines is 1. The van der Waals surface area contributed by atoms with Crippen LogP contribution in [0.1, 0.15) is 43.6 Å². The van der Waals surface area contributed by atoms with E-state index in [0.29, 0.717) is 29.6 Å². The van der Waals surface area contributed by atoms with Crippen molar-refractivity contribution < 1.29 is 10.3 Å². The van der Waals surface area contributed by atoms with Crippen LogP contribution in [0, 0.1) is 0 Å². The van der Waals surface area contributed by atoms with Gasteiger partial charge in [-0.25, -0.2) is 0 Å². The summed E-state index contributed by atoms with van der Waals surface area (Å²) in [5.41, 5.74) is 1.22. The summed E-state index contributed by atoms with van der Waals surface area (Å²) in [7, 11) is 0. The Morgan fingerprint density at radius 1 is 1.12 bits per heavy atom. The van der Waals surface area contributed by atoms with Crippen LogP contribution in [-0.2, 0) is 0 Å². The number of hydrogen-bond acceptors (Lipinski definition) is 3. The third-order valence-electron chi connectivity index (χ3n) is 4.92. The zero-order chi connectivity index (χ0) is 17.7.